The third-order valence-corrected chi connectivity index (χ3v) is 3.55. The minimum absolute atomic E-state index is 0.366. The first-order valence-corrected chi connectivity index (χ1v) is 6.75. The number of carbonyl (C=O) groups is 1. The third kappa shape index (κ3) is 3.83. The Labute approximate surface area is 109 Å². The van der Waals surface area contributed by atoms with E-state index in [2.05, 4.69) is 6.92 Å². The number of carboxylic acids is 1. The fourth-order valence-electron chi connectivity index (χ4n) is 2.27. The maximum atomic E-state index is 11.4. The van der Waals surface area contributed by atoms with Crippen molar-refractivity contribution in [3.63, 3.8) is 0 Å². The van der Waals surface area contributed by atoms with Crippen molar-refractivity contribution in [3.05, 3.63) is 29.6 Å². The minimum Gasteiger partial charge on any atom is -0.481 e. The number of hydrogen-bond acceptors (Lipinski definition) is 1. The molecule has 0 radical (unpaired) electrons. The number of hydrogen-bond donors (Lipinski definition) is 1. The summed E-state index contributed by atoms with van der Waals surface area (Å²) in [6.45, 7) is 4.15. The van der Waals surface area contributed by atoms with E-state index in [1.807, 2.05) is 36.9 Å². The summed E-state index contributed by atoms with van der Waals surface area (Å²) >= 11 is 0. The first-order valence-electron chi connectivity index (χ1n) is 6.75. The maximum Gasteiger partial charge on any atom is 0.311 e. The number of aliphatic carboxylic acids is 1. The van der Waals surface area contributed by atoms with Crippen molar-refractivity contribution in [2.75, 3.05) is 0 Å². The summed E-state index contributed by atoms with van der Waals surface area (Å²) < 4.78 is 1.98. The normalized spacial score (nSPS) is 12.4. The summed E-state index contributed by atoms with van der Waals surface area (Å²) in [6, 6.07) is 3.86. The van der Waals surface area contributed by atoms with Crippen LogP contribution < -0.4 is 4.57 Å². The zero-order valence-electron chi connectivity index (χ0n) is 11.6. The zero-order chi connectivity index (χ0) is 13.5. The second kappa shape index (κ2) is 7.14. The van der Waals surface area contributed by atoms with Gasteiger partial charge in [-0.3, -0.25) is 4.79 Å². The van der Waals surface area contributed by atoms with Gasteiger partial charge in [-0.1, -0.05) is 32.6 Å². The van der Waals surface area contributed by atoms with Gasteiger partial charge in [-0.2, -0.15) is 0 Å². The van der Waals surface area contributed by atoms with Crippen LogP contribution in [0.4, 0.5) is 0 Å². The quantitative estimate of drug-likeness (QED) is 0.597. The molecule has 0 aliphatic rings. The van der Waals surface area contributed by atoms with Crippen LogP contribution in [0.25, 0.3) is 0 Å². The molecule has 1 atom stereocenters. The Kier molecular flexibility index (Phi) is 5.83. The molecule has 0 saturated carbocycles. The lowest BCUT2D eigenvalue weighted by atomic mass is 9.92. The molecule has 0 aliphatic heterocycles. The molecule has 1 unspecified atom stereocenters. The maximum absolute atomic E-state index is 11.4. The van der Waals surface area contributed by atoms with E-state index in [-0.39, 0.29) is 5.92 Å². The molecule has 18 heavy (non-hydrogen) atoms. The minimum atomic E-state index is -0.708. The van der Waals surface area contributed by atoms with Crippen LogP contribution in [-0.4, -0.2) is 11.1 Å². The largest absolute Gasteiger partial charge is 0.481 e. The van der Waals surface area contributed by atoms with Gasteiger partial charge in [0.05, 0.1) is 5.92 Å². The van der Waals surface area contributed by atoms with Crippen molar-refractivity contribution in [2.24, 2.45) is 7.05 Å². The van der Waals surface area contributed by atoms with Gasteiger partial charge in [-0.25, -0.2) is 4.57 Å². The third-order valence-electron chi connectivity index (χ3n) is 3.55. The summed E-state index contributed by atoms with van der Waals surface area (Å²) in [5.41, 5.74) is 1.99. The lowest BCUT2D eigenvalue weighted by Crippen LogP contribution is -2.33. The number of rotatable bonds is 7. The molecule has 0 saturated heterocycles. The Morgan fingerprint density at radius 3 is 2.72 bits per heavy atom. The summed E-state index contributed by atoms with van der Waals surface area (Å²) in [7, 11) is 1.95. The van der Waals surface area contributed by atoms with E-state index >= 15 is 0 Å². The monoisotopic (exact) mass is 250 g/mol. The lowest BCUT2D eigenvalue weighted by molar-refractivity contribution is -0.678. The van der Waals surface area contributed by atoms with E-state index in [4.69, 9.17) is 0 Å². The Hall–Kier alpha value is -1.38. The molecular weight excluding hydrogens is 226 g/mol. The summed E-state index contributed by atoms with van der Waals surface area (Å²) in [6.07, 6.45) is 7.17. The highest BCUT2D eigenvalue weighted by Crippen LogP contribution is 2.24. The van der Waals surface area contributed by atoms with E-state index in [1.165, 1.54) is 12.8 Å². The summed E-state index contributed by atoms with van der Waals surface area (Å²) in [5.74, 6) is -1.07. The van der Waals surface area contributed by atoms with Crippen LogP contribution in [-0.2, 0) is 11.8 Å². The van der Waals surface area contributed by atoms with E-state index in [0.717, 1.165) is 30.5 Å². The second-order valence-corrected chi connectivity index (χ2v) is 4.90. The van der Waals surface area contributed by atoms with E-state index in [1.54, 1.807) is 0 Å². The van der Waals surface area contributed by atoms with Gasteiger partial charge in [0.1, 0.15) is 7.05 Å². The second-order valence-electron chi connectivity index (χ2n) is 4.90. The molecule has 1 aromatic heterocycles. The highest BCUT2D eigenvalue weighted by molar-refractivity contribution is 5.76. The standard InChI is InChI=1S/C15H23NO2/c1-4-5-6-7-9-14(15(17)18)13-10-8-11-16(3)12(13)2/h8,10-11,14H,4-7,9H2,1-3H3/p+1. The summed E-state index contributed by atoms with van der Waals surface area (Å²) in [4.78, 5) is 11.4. The highest BCUT2D eigenvalue weighted by atomic mass is 16.4. The van der Waals surface area contributed by atoms with Gasteiger partial charge in [0.15, 0.2) is 11.9 Å². The average molecular weight is 250 g/mol. The van der Waals surface area contributed by atoms with Crippen molar-refractivity contribution in [1.29, 1.82) is 0 Å². The van der Waals surface area contributed by atoms with E-state index < -0.39 is 5.97 Å². The molecule has 0 aliphatic carbocycles. The number of carboxylic acid groups (broad SMARTS) is 1. The molecule has 3 heteroatoms. The van der Waals surface area contributed by atoms with Crippen LogP contribution in [0.5, 0.6) is 0 Å². The fraction of sp³-hybridized carbons (Fsp3) is 0.600. The van der Waals surface area contributed by atoms with Crippen LogP contribution in [0.2, 0.25) is 0 Å². The van der Waals surface area contributed by atoms with Gasteiger partial charge in [0, 0.05) is 18.6 Å². The van der Waals surface area contributed by atoms with Gasteiger partial charge in [-0.15, -0.1) is 0 Å². The van der Waals surface area contributed by atoms with Crippen LogP contribution >= 0.6 is 0 Å². The van der Waals surface area contributed by atoms with Gasteiger partial charge < -0.3 is 5.11 Å². The van der Waals surface area contributed by atoms with Crippen LogP contribution in [0.1, 0.15) is 56.2 Å². The Morgan fingerprint density at radius 2 is 2.11 bits per heavy atom. The predicted molar refractivity (Wildman–Crippen MR) is 71.5 cm³/mol. The molecule has 100 valence electrons. The van der Waals surface area contributed by atoms with Crippen molar-refractivity contribution < 1.29 is 14.5 Å². The molecule has 1 rings (SSSR count). The molecule has 0 aromatic carbocycles. The highest BCUT2D eigenvalue weighted by Gasteiger charge is 2.24. The Bertz CT molecular complexity index is 401. The molecule has 0 bridgehead atoms. The predicted octanol–water partition coefficient (Wildman–Crippen LogP) is 2.96. The van der Waals surface area contributed by atoms with E-state index in [9.17, 15) is 9.90 Å². The molecular formula is C15H24NO2+. The van der Waals surface area contributed by atoms with Gasteiger partial charge in [0.25, 0.3) is 0 Å². The van der Waals surface area contributed by atoms with Gasteiger partial charge in [0.2, 0.25) is 0 Å². The van der Waals surface area contributed by atoms with Crippen molar-refractivity contribution in [2.45, 2.75) is 51.9 Å². The fourth-order valence-corrected chi connectivity index (χ4v) is 2.27. The molecule has 0 fully saturated rings. The topological polar surface area (TPSA) is 41.2 Å². The van der Waals surface area contributed by atoms with Crippen molar-refractivity contribution in [3.8, 4) is 0 Å². The SMILES string of the molecule is CCCCCCC(C(=O)O)c1ccc[n+](C)c1C. The van der Waals surface area contributed by atoms with Crippen molar-refractivity contribution >= 4 is 5.97 Å². The number of unbranched alkanes of at least 4 members (excludes halogenated alkanes) is 3. The average Bonchev–Trinajstić information content (AvgIpc) is 2.33. The zero-order valence-corrected chi connectivity index (χ0v) is 11.6. The number of pyridine rings is 1. The molecule has 0 spiro atoms. The number of aryl methyl sites for hydroxylation is 1. The van der Waals surface area contributed by atoms with Gasteiger partial charge in [-0.05, 0) is 12.5 Å². The smallest absolute Gasteiger partial charge is 0.311 e. The number of nitrogens with zero attached hydrogens (tertiary/aromatic N) is 1. The summed E-state index contributed by atoms with van der Waals surface area (Å²) in [5, 5.41) is 9.39. The lowest BCUT2D eigenvalue weighted by Gasteiger charge is -2.13. The molecule has 3 nitrogen and oxygen atoms in total. The van der Waals surface area contributed by atoms with E-state index in [0.29, 0.717) is 0 Å². The molecule has 1 N–H and O–H groups in total. The first kappa shape index (κ1) is 14.7. The van der Waals surface area contributed by atoms with Crippen LogP contribution in [0.15, 0.2) is 18.3 Å². The molecule has 1 heterocycles. The van der Waals surface area contributed by atoms with Crippen LogP contribution in [0, 0.1) is 6.92 Å². The van der Waals surface area contributed by atoms with Crippen molar-refractivity contribution in [1.82, 2.24) is 0 Å². The van der Waals surface area contributed by atoms with Crippen LogP contribution in [0.3, 0.4) is 0 Å². The Balaban J connectivity index is 2.78. The number of aromatic nitrogens is 1. The van der Waals surface area contributed by atoms with Gasteiger partial charge >= 0.3 is 5.97 Å². The molecule has 0 amide bonds. The first-order chi connectivity index (χ1) is 8.57. The Morgan fingerprint density at radius 1 is 1.39 bits per heavy atom. The molecule has 1 aromatic rings.